The van der Waals surface area contributed by atoms with Crippen LogP contribution in [0.15, 0.2) is 30.0 Å². The van der Waals surface area contributed by atoms with E-state index in [0.29, 0.717) is 36.9 Å². The van der Waals surface area contributed by atoms with Crippen molar-refractivity contribution < 1.29 is 23.9 Å². The van der Waals surface area contributed by atoms with Gasteiger partial charge in [0.1, 0.15) is 0 Å². The Bertz CT molecular complexity index is 906. The molecule has 3 rings (SSSR count). The van der Waals surface area contributed by atoms with E-state index in [-0.39, 0.29) is 11.5 Å². The summed E-state index contributed by atoms with van der Waals surface area (Å²) in [5.74, 6) is -2.63. The van der Waals surface area contributed by atoms with Crippen molar-refractivity contribution in [2.24, 2.45) is 5.41 Å². The Kier molecular flexibility index (Phi) is 6.23. The Morgan fingerprint density at radius 1 is 1.10 bits per heavy atom. The molecule has 9 heteroatoms. The summed E-state index contributed by atoms with van der Waals surface area (Å²) in [6, 6.07) is 5.38. The van der Waals surface area contributed by atoms with Crippen molar-refractivity contribution in [1.82, 2.24) is 4.90 Å². The number of amides is 1. The highest BCUT2D eigenvalue weighted by atomic mass is 35.5. The number of ether oxygens (including phenoxy) is 2. The molecule has 0 unspecified atom stereocenters. The predicted octanol–water partition coefficient (Wildman–Crippen LogP) is 3.17. The maximum atomic E-state index is 12.5. The summed E-state index contributed by atoms with van der Waals surface area (Å²) in [4.78, 5) is 40.5. The standard InChI is InChI=1S/C22H28ClN3O5/c1-21(2,3)20(29)26-10-8-25(9-11-26)17-7-6-14(12-16(17)23)24-13-15-18(27)30-22(4,5)31-19(15)28/h6-7,12-13,24H,8-11H2,1-5H3. The monoisotopic (exact) mass is 449 g/mol. The number of nitrogens with one attached hydrogen (secondary N) is 1. The number of rotatable bonds is 3. The summed E-state index contributed by atoms with van der Waals surface area (Å²) in [6.07, 6.45) is 1.25. The van der Waals surface area contributed by atoms with Gasteiger partial charge in [-0.2, -0.15) is 0 Å². The Balaban J connectivity index is 1.64. The molecule has 31 heavy (non-hydrogen) atoms. The zero-order valence-electron chi connectivity index (χ0n) is 18.5. The van der Waals surface area contributed by atoms with E-state index in [1.807, 2.05) is 31.7 Å². The second-order valence-corrected chi connectivity index (χ2v) is 9.48. The number of hydrogen-bond acceptors (Lipinski definition) is 7. The van der Waals surface area contributed by atoms with Gasteiger partial charge in [0.25, 0.3) is 5.79 Å². The van der Waals surface area contributed by atoms with Crippen LogP contribution >= 0.6 is 11.6 Å². The molecule has 0 atom stereocenters. The fourth-order valence-corrected chi connectivity index (χ4v) is 3.71. The number of hydrogen-bond donors (Lipinski definition) is 1. The van der Waals surface area contributed by atoms with Gasteiger partial charge < -0.3 is 24.6 Å². The molecule has 168 valence electrons. The number of nitrogens with zero attached hydrogens (tertiary/aromatic N) is 2. The van der Waals surface area contributed by atoms with Crippen LogP contribution in [0.2, 0.25) is 5.02 Å². The molecule has 1 amide bonds. The van der Waals surface area contributed by atoms with E-state index in [4.69, 9.17) is 21.1 Å². The fourth-order valence-electron chi connectivity index (χ4n) is 3.41. The number of carbonyl (C=O) groups excluding carboxylic acids is 3. The highest BCUT2D eigenvalue weighted by molar-refractivity contribution is 6.33. The smallest absolute Gasteiger partial charge is 0.350 e. The number of cyclic esters (lactones) is 2. The first-order chi connectivity index (χ1) is 14.4. The van der Waals surface area contributed by atoms with E-state index in [1.165, 1.54) is 20.0 Å². The fraction of sp³-hybridized carbons (Fsp3) is 0.500. The lowest BCUT2D eigenvalue weighted by Gasteiger charge is -2.39. The average molecular weight is 450 g/mol. The molecule has 0 aliphatic carbocycles. The van der Waals surface area contributed by atoms with Gasteiger partial charge in [0.15, 0.2) is 5.57 Å². The average Bonchev–Trinajstić information content (AvgIpc) is 2.65. The van der Waals surface area contributed by atoms with E-state index in [0.717, 1.165) is 5.69 Å². The van der Waals surface area contributed by atoms with Crippen LogP contribution in [0, 0.1) is 5.41 Å². The van der Waals surface area contributed by atoms with Crippen LogP contribution in [0.25, 0.3) is 0 Å². The molecule has 0 aromatic heterocycles. The van der Waals surface area contributed by atoms with Gasteiger partial charge in [0, 0.05) is 57.3 Å². The molecule has 0 saturated carbocycles. The van der Waals surface area contributed by atoms with Crippen LogP contribution in [-0.4, -0.2) is 54.7 Å². The number of halogens is 1. The highest BCUT2D eigenvalue weighted by Crippen LogP contribution is 2.31. The molecule has 2 heterocycles. The van der Waals surface area contributed by atoms with Crippen molar-refractivity contribution in [2.75, 3.05) is 36.4 Å². The van der Waals surface area contributed by atoms with E-state index >= 15 is 0 Å². The minimum Gasteiger partial charge on any atom is -0.419 e. The van der Waals surface area contributed by atoms with E-state index in [2.05, 4.69) is 10.2 Å². The van der Waals surface area contributed by atoms with Gasteiger partial charge in [-0.15, -0.1) is 0 Å². The lowest BCUT2D eigenvalue weighted by molar-refractivity contribution is -0.222. The highest BCUT2D eigenvalue weighted by Gasteiger charge is 2.39. The van der Waals surface area contributed by atoms with Crippen LogP contribution < -0.4 is 10.2 Å². The Labute approximate surface area is 187 Å². The quantitative estimate of drug-likeness (QED) is 0.430. The van der Waals surface area contributed by atoms with Crippen LogP contribution in [0.4, 0.5) is 11.4 Å². The number of piperazine rings is 1. The first-order valence-corrected chi connectivity index (χ1v) is 10.5. The molecule has 2 fully saturated rings. The van der Waals surface area contributed by atoms with Crippen molar-refractivity contribution in [3.8, 4) is 0 Å². The number of benzene rings is 1. The van der Waals surface area contributed by atoms with Gasteiger partial charge in [-0.3, -0.25) is 4.79 Å². The SMILES string of the molecule is CC1(C)OC(=O)C(=CNc2ccc(N3CCN(C(=O)C(C)(C)C)CC3)c(Cl)c2)C(=O)O1. The largest absolute Gasteiger partial charge is 0.419 e. The first kappa shape index (κ1) is 22.9. The molecule has 2 saturated heterocycles. The van der Waals surface area contributed by atoms with Gasteiger partial charge in [-0.1, -0.05) is 32.4 Å². The van der Waals surface area contributed by atoms with E-state index in [1.54, 1.807) is 12.1 Å². The van der Waals surface area contributed by atoms with Gasteiger partial charge >= 0.3 is 11.9 Å². The minimum absolute atomic E-state index is 0.147. The van der Waals surface area contributed by atoms with E-state index in [9.17, 15) is 14.4 Å². The van der Waals surface area contributed by atoms with Gasteiger partial charge in [-0.05, 0) is 18.2 Å². The lowest BCUT2D eigenvalue weighted by Crippen LogP contribution is -2.51. The lowest BCUT2D eigenvalue weighted by atomic mass is 9.94. The number of anilines is 2. The zero-order valence-corrected chi connectivity index (χ0v) is 19.2. The Morgan fingerprint density at radius 2 is 1.68 bits per heavy atom. The van der Waals surface area contributed by atoms with Crippen molar-refractivity contribution in [2.45, 2.75) is 40.4 Å². The third-order valence-corrected chi connectivity index (χ3v) is 5.30. The minimum atomic E-state index is -1.28. The second kappa shape index (κ2) is 8.42. The summed E-state index contributed by atoms with van der Waals surface area (Å²) in [5.41, 5.74) is 0.850. The van der Waals surface area contributed by atoms with Crippen LogP contribution in [0.3, 0.4) is 0 Å². The summed E-state index contributed by atoms with van der Waals surface area (Å²) in [5, 5.41) is 3.41. The third kappa shape index (κ3) is 5.31. The molecular formula is C22H28ClN3O5. The number of carbonyl (C=O) groups is 3. The van der Waals surface area contributed by atoms with E-state index < -0.39 is 23.1 Å². The molecule has 2 aliphatic rings. The van der Waals surface area contributed by atoms with Crippen LogP contribution in [0.1, 0.15) is 34.6 Å². The van der Waals surface area contributed by atoms with Crippen molar-refractivity contribution in [3.05, 3.63) is 35.0 Å². The molecule has 1 N–H and O–H groups in total. The summed E-state index contributed by atoms with van der Waals surface area (Å²) in [7, 11) is 0. The third-order valence-electron chi connectivity index (χ3n) is 5.00. The molecule has 1 aromatic carbocycles. The normalized spacial score (nSPS) is 19.0. The Morgan fingerprint density at radius 3 is 2.19 bits per heavy atom. The molecule has 0 spiro atoms. The maximum Gasteiger partial charge on any atom is 0.350 e. The predicted molar refractivity (Wildman–Crippen MR) is 118 cm³/mol. The molecule has 2 aliphatic heterocycles. The van der Waals surface area contributed by atoms with Gasteiger partial charge in [0.2, 0.25) is 5.91 Å². The molecule has 0 bridgehead atoms. The van der Waals surface area contributed by atoms with Crippen molar-refractivity contribution in [3.63, 3.8) is 0 Å². The second-order valence-electron chi connectivity index (χ2n) is 9.08. The molecule has 0 radical (unpaired) electrons. The molecule has 1 aromatic rings. The van der Waals surface area contributed by atoms with Gasteiger partial charge in [0.05, 0.1) is 10.7 Å². The topological polar surface area (TPSA) is 88.2 Å². The number of esters is 2. The zero-order chi connectivity index (χ0) is 23.0. The van der Waals surface area contributed by atoms with Crippen molar-refractivity contribution >= 4 is 40.8 Å². The Hall–Kier alpha value is -2.74. The van der Waals surface area contributed by atoms with Gasteiger partial charge in [-0.25, -0.2) is 9.59 Å². The maximum absolute atomic E-state index is 12.5. The first-order valence-electron chi connectivity index (χ1n) is 10.1. The van der Waals surface area contributed by atoms with Crippen LogP contribution in [0.5, 0.6) is 0 Å². The van der Waals surface area contributed by atoms with Crippen molar-refractivity contribution in [1.29, 1.82) is 0 Å². The summed E-state index contributed by atoms with van der Waals surface area (Å²) < 4.78 is 10.1. The summed E-state index contributed by atoms with van der Waals surface area (Å²) in [6.45, 7) is 11.4. The molecular weight excluding hydrogens is 422 g/mol. The molecule has 8 nitrogen and oxygen atoms in total. The van der Waals surface area contributed by atoms with Crippen LogP contribution in [-0.2, 0) is 23.9 Å². The summed E-state index contributed by atoms with van der Waals surface area (Å²) >= 11 is 6.48.